The van der Waals surface area contributed by atoms with Crippen molar-refractivity contribution in [1.82, 2.24) is 15.2 Å². The van der Waals surface area contributed by atoms with E-state index in [2.05, 4.69) is 10.3 Å². The minimum absolute atomic E-state index is 0.0739. The second-order valence-corrected chi connectivity index (χ2v) is 5.77. The molecule has 1 amide bonds. The predicted molar refractivity (Wildman–Crippen MR) is 82.5 cm³/mol. The summed E-state index contributed by atoms with van der Waals surface area (Å²) in [6.07, 6.45) is 0. The molecule has 1 unspecified atom stereocenters. The van der Waals surface area contributed by atoms with E-state index >= 15 is 0 Å². The van der Waals surface area contributed by atoms with E-state index in [-0.39, 0.29) is 11.9 Å². The monoisotopic (exact) mass is 289 g/mol. The fourth-order valence-electron chi connectivity index (χ4n) is 1.85. The first kappa shape index (κ1) is 14.7. The summed E-state index contributed by atoms with van der Waals surface area (Å²) in [6.45, 7) is 2.48. The first-order chi connectivity index (χ1) is 9.58. The summed E-state index contributed by atoms with van der Waals surface area (Å²) in [6, 6.07) is 9.89. The summed E-state index contributed by atoms with van der Waals surface area (Å²) in [5.74, 6) is 0.0739. The van der Waals surface area contributed by atoms with Crippen molar-refractivity contribution >= 4 is 17.2 Å². The molecular formula is C15H19N3OS. The van der Waals surface area contributed by atoms with Crippen LogP contribution in [0.3, 0.4) is 0 Å². The largest absolute Gasteiger partial charge is 0.347 e. The lowest BCUT2D eigenvalue weighted by Gasteiger charge is -2.17. The van der Waals surface area contributed by atoms with Crippen molar-refractivity contribution in [2.75, 3.05) is 14.1 Å². The van der Waals surface area contributed by atoms with E-state index in [1.54, 1.807) is 30.3 Å². The molecule has 0 saturated carbocycles. The molecule has 0 bridgehead atoms. The van der Waals surface area contributed by atoms with Gasteiger partial charge in [-0.1, -0.05) is 30.3 Å². The Bertz CT molecular complexity index is 566. The summed E-state index contributed by atoms with van der Waals surface area (Å²) in [7, 11) is 3.52. The third kappa shape index (κ3) is 3.65. The second-order valence-electron chi connectivity index (χ2n) is 4.83. The Morgan fingerprint density at radius 3 is 2.70 bits per heavy atom. The topological polar surface area (TPSA) is 45.2 Å². The predicted octanol–water partition coefficient (Wildman–Crippen LogP) is 2.38. The third-order valence-corrected chi connectivity index (χ3v) is 3.84. The molecular weight excluding hydrogens is 270 g/mol. The van der Waals surface area contributed by atoms with Crippen molar-refractivity contribution in [3.05, 3.63) is 40.7 Å². The molecule has 1 aromatic heterocycles. The van der Waals surface area contributed by atoms with Crippen LogP contribution in [-0.4, -0.2) is 35.9 Å². The van der Waals surface area contributed by atoms with Gasteiger partial charge in [-0.2, -0.15) is 0 Å². The molecule has 2 aromatic rings. The first-order valence-corrected chi connectivity index (χ1v) is 7.40. The lowest BCUT2D eigenvalue weighted by atomic mass is 10.2. The molecule has 0 fully saturated rings. The van der Waals surface area contributed by atoms with Gasteiger partial charge >= 0.3 is 0 Å². The van der Waals surface area contributed by atoms with Crippen molar-refractivity contribution in [2.24, 2.45) is 0 Å². The number of hydrogen-bond acceptors (Lipinski definition) is 4. The number of thiazole rings is 1. The van der Waals surface area contributed by atoms with Gasteiger partial charge in [0.15, 0.2) is 0 Å². The van der Waals surface area contributed by atoms with Gasteiger partial charge in [0, 0.05) is 31.6 Å². The van der Waals surface area contributed by atoms with E-state index in [4.69, 9.17) is 0 Å². The normalized spacial score (nSPS) is 12.2. The Balaban J connectivity index is 1.95. The number of benzene rings is 1. The fraction of sp³-hybridized carbons (Fsp3) is 0.333. The maximum Gasteiger partial charge on any atom is 0.238 e. The Morgan fingerprint density at radius 1 is 1.35 bits per heavy atom. The minimum Gasteiger partial charge on any atom is -0.347 e. The van der Waals surface area contributed by atoms with E-state index < -0.39 is 0 Å². The van der Waals surface area contributed by atoms with Gasteiger partial charge in [-0.15, -0.1) is 11.3 Å². The molecule has 2 rings (SSSR count). The lowest BCUT2D eigenvalue weighted by Crippen LogP contribution is -2.41. The van der Waals surface area contributed by atoms with Gasteiger partial charge in [0.25, 0.3) is 0 Å². The zero-order valence-electron chi connectivity index (χ0n) is 12.0. The number of carbonyl (C=O) groups is 1. The lowest BCUT2D eigenvalue weighted by molar-refractivity contribution is -0.130. The van der Waals surface area contributed by atoms with Crippen LogP contribution in [0.15, 0.2) is 35.7 Å². The van der Waals surface area contributed by atoms with Gasteiger partial charge in [0.05, 0.1) is 11.7 Å². The molecule has 1 aromatic carbocycles. The molecule has 4 nitrogen and oxygen atoms in total. The molecule has 0 saturated heterocycles. The molecule has 0 radical (unpaired) electrons. The van der Waals surface area contributed by atoms with Gasteiger partial charge in [0.1, 0.15) is 5.01 Å². The summed E-state index contributed by atoms with van der Waals surface area (Å²) in [4.78, 5) is 17.9. The standard InChI is InChI=1S/C15H19N3OS/c1-11(15(19)18(2)3)16-9-14-17-13(10-20-14)12-7-5-4-6-8-12/h4-8,10-11,16H,9H2,1-3H3. The van der Waals surface area contributed by atoms with Gasteiger partial charge in [-0.3, -0.25) is 10.1 Å². The zero-order chi connectivity index (χ0) is 14.5. The van der Waals surface area contributed by atoms with Crippen molar-refractivity contribution < 1.29 is 4.79 Å². The van der Waals surface area contributed by atoms with Gasteiger partial charge in [-0.05, 0) is 6.92 Å². The number of nitrogens with zero attached hydrogens (tertiary/aromatic N) is 2. The van der Waals surface area contributed by atoms with Crippen molar-refractivity contribution in [3.63, 3.8) is 0 Å². The van der Waals surface area contributed by atoms with Crippen LogP contribution >= 0.6 is 11.3 Å². The van der Waals surface area contributed by atoms with Gasteiger partial charge < -0.3 is 4.90 Å². The smallest absolute Gasteiger partial charge is 0.238 e. The van der Waals surface area contributed by atoms with Gasteiger partial charge in [0.2, 0.25) is 5.91 Å². The van der Waals surface area contributed by atoms with Crippen LogP contribution in [0.4, 0.5) is 0 Å². The van der Waals surface area contributed by atoms with E-state index in [1.807, 2.05) is 42.6 Å². The Hall–Kier alpha value is -1.72. The van der Waals surface area contributed by atoms with Crippen molar-refractivity contribution in [1.29, 1.82) is 0 Å². The maximum absolute atomic E-state index is 11.7. The summed E-state index contributed by atoms with van der Waals surface area (Å²) in [5, 5.41) is 6.24. The maximum atomic E-state index is 11.7. The highest BCUT2D eigenvalue weighted by atomic mass is 32.1. The molecule has 1 heterocycles. The molecule has 0 spiro atoms. The molecule has 106 valence electrons. The molecule has 0 aliphatic carbocycles. The average molecular weight is 289 g/mol. The quantitative estimate of drug-likeness (QED) is 0.919. The number of hydrogen-bond donors (Lipinski definition) is 1. The summed E-state index contributed by atoms with van der Waals surface area (Å²) >= 11 is 1.61. The Labute approximate surface area is 123 Å². The van der Waals surface area contributed by atoms with Crippen molar-refractivity contribution in [3.8, 4) is 11.3 Å². The van der Waals surface area contributed by atoms with E-state index in [1.165, 1.54) is 0 Å². The molecule has 0 aliphatic rings. The van der Waals surface area contributed by atoms with Crippen LogP contribution in [-0.2, 0) is 11.3 Å². The summed E-state index contributed by atoms with van der Waals surface area (Å²) < 4.78 is 0. The van der Waals surface area contributed by atoms with Crippen LogP contribution in [0.25, 0.3) is 11.3 Å². The average Bonchev–Trinajstić information content (AvgIpc) is 2.93. The molecule has 20 heavy (non-hydrogen) atoms. The molecule has 5 heteroatoms. The minimum atomic E-state index is -0.200. The number of aromatic nitrogens is 1. The van der Waals surface area contributed by atoms with Crippen LogP contribution < -0.4 is 5.32 Å². The number of carbonyl (C=O) groups excluding carboxylic acids is 1. The van der Waals surface area contributed by atoms with E-state index in [0.29, 0.717) is 6.54 Å². The SMILES string of the molecule is CC(NCc1nc(-c2ccccc2)cs1)C(=O)N(C)C. The third-order valence-electron chi connectivity index (χ3n) is 2.99. The second kappa shape index (κ2) is 6.63. The number of rotatable bonds is 5. The van der Waals surface area contributed by atoms with E-state index in [9.17, 15) is 4.79 Å². The highest BCUT2D eigenvalue weighted by molar-refractivity contribution is 7.09. The molecule has 1 N–H and O–H groups in total. The van der Waals surface area contributed by atoms with Crippen LogP contribution in [0, 0.1) is 0 Å². The number of amides is 1. The fourth-order valence-corrected chi connectivity index (χ4v) is 2.60. The van der Waals surface area contributed by atoms with Gasteiger partial charge in [-0.25, -0.2) is 4.98 Å². The first-order valence-electron chi connectivity index (χ1n) is 6.52. The molecule has 1 atom stereocenters. The van der Waals surface area contributed by atoms with Crippen LogP contribution in [0.5, 0.6) is 0 Å². The zero-order valence-corrected chi connectivity index (χ0v) is 12.8. The van der Waals surface area contributed by atoms with Crippen LogP contribution in [0.1, 0.15) is 11.9 Å². The highest BCUT2D eigenvalue weighted by Crippen LogP contribution is 2.21. The van der Waals surface area contributed by atoms with Crippen molar-refractivity contribution in [2.45, 2.75) is 19.5 Å². The highest BCUT2D eigenvalue weighted by Gasteiger charge is 2.14. The Morgan fingerprint density at radius 2 is 2.05 bits per heavy atom. The van der Waals surface area contributed by atoms with E-state index in [0.717, 1.165) is 16.3 Å². The molecule has 0 aliphatic heterocycles. The Kier molecular flexibility index (Phi) is 4.87. The number of nitrogens with one attached hydrogen (secondary N) is 1. The summed E-state index contributed by atoms with van der Waals surface area (Å²) in [5.41, 5.74) is 2.10. The number of likely N-dealkylation sites (N-methyl/N-ethyl adjacent to an activating group) is 1. The van der Waals surface area contributed by atoms with Crippen LogP contribution in [0.2, 0.25) is 0 Å².